The first kappa shape index (κ1) is 22.9. The van der Waals surface area contributed by atoms with Gasteiger partial charge in [0.1, 0.15) is 12.2 Å². The van der Waals surface area contributed by atoms with Crippen LogP contribution >= 0.6 is 0 Å². The molecule has 0 rings (SSSR count). The molecule has 138 valence electrons. The lowest BCUT2D eigenvalue weighted by Crippen LogP contribution is -2.16. The second-order valence-corrected chi connectivity index (χ2v) is 6.70. The summed E-state index contributed by atoms with van der Waals surface area (Å²) in [6, 6.07) is 0. The van der Waals surface area contributed by atoms with Crippen molar-refractivity contribution in [3.05, 3.63) is 33.8 Å². The summed E-state index contributed by atoms with van der Waals surface area (Å²) in [4.78, 5) is 0. The van der Waals surface area contributed by atoms with Gasteiger partial charge in [0, 0.05) is 25.4 Å². The summed E-state index contributed by atoms with van der Waals surface area (Å²) in [7, 11) is 3.12. The Kier molecular flexibility index (Phi) is 10.9. The van der Waals surface area contributed by atoms with Crippen LogP contribution < -0.4 is 0 Å². The van der Waals surface area contributed by atoms with Gasteiger partial charge in [0.15, 0.2) is 0 Å². The fourth-order valence-corrected chi connectivity index (χ4v) is 2.20. The molecule has 4 heteroatoms. The molecule has 0 amide bonds. The van der Waals surface area contributed by atoms with Gasteiger partial charge < -0.3 is 19.7 Å². The second kappa shape index (κ2) is 11.4. The van der Waals surface area contributed by atoms with Gasteiger partial charge in [-0.1, -0.05) is 27.7 Å². The minimum absolute atomic E-state index is 0.215. The average molecular weight is 338 g/mol. The number of hydrogen-bond donors (Lipinski definition) is 2. The molecule has 0 saturated carbocycles. The van der Waals surface area contributed by atoms with Gasteiger partial charge in [0.25, 0.3) is 0 Å². The van der Waals surface area contributed by atoms with Crippen LogP contribution in [-0.2, 0) is 9.47 Å². The summed E-state index contributed by atoms with van der Waals surface area (Å²) in [5.74, 6) is 0.430. The third-order valence-corrected chi connectivity index (χ3v) is 3.76. The Hall–Kier alpha value is -1.12. The van der Waals surface area contributed by atoms with E-state index >= 15 is 0 Å². The molecule has 0 spiro atoms. The van der Waals surface area contributed by atoms with Crippen LogP contribution in [0.2, 0.25) is 0 Å². The maximum atomic E-state index is 10.1. The fraction of sp³-hybridized carbons (Fsp3) is 0.700. The number of rotatable bonds is 9. The lowest BCUT2D eigenvalue weighted by Gasteiger charge is -2.17. The smallest absolute Gasteiger partial charge is 0.105 e. The van der Waals surface area contributed by atoms with Gasteiger partial charge >= 0.3 is 0 Å². The highest BCUT2D eigenvalue weighted by atomic mass is 16.5. The first-order valence-electron chi connectivity index (χ1n) is 8.44. The summed E-state index contributed by atoms with van der Waals surface area (Å²) in [5, 5.41) is 20.2. The first-order valence-corrected chi connectivity index (χ1v) is 8.44. The third-order valence-electron chi connectivity index (χ3n) is 3.76. The molecule has 2 N–H and O–H groups in total. The number of aliphatic hydroxyl groups excluding tert-OH is 2. The molecule has 0 saturated heterocycles. The quantitative estimate of drug-likeness (QED) is 0.500. The van der Waals surface area contributed by atoms with Crippen molar-refractivity contribution < 1.29 is 19.7 Å². The molecule has 0 aromatic rings. The van der Waals surface area contributed by atoms with Gasteiger partial charge in [-0.05, 0) is 36.8 Å². The van der Waals surface area contributed by atoms with Crippen LogP contribution in [0.4, 0.5) is 0 Å². The molecule has 0 aliphatic rings. The van der Waals surface area contributed by atoms with Crippen LogP contribution in [0.25, 0.3) is 0 Å². The molecule has 0 aromatic heterocycles. The zero-order valence-corrected chi connectivity index (χ0v) is 16.4. The zero-order valence-electron chi connectivity index (χ0n) is 16.4. The van der Waals surface area contributed by atoms with E-state index in [0.717, 1.165) is 22.3 Å². The number of ether oxygens (including phenoxy) is 2. The van der Waals surface area contributed by atoms with Gasteiger partial charge in [-0.2, -0.15) is 0 Å². The summed E-state index contributed by atoms with van der Waals surface area (Å²) in [5.41, 5.74) is 10.1. The van der Waals surface area contributed by atoms with Gasteiger partial charge in [-0.15, -0.1) is 11.5 Å². The highest BCUT2D eigenvalue weighted by Crippen LogP contribution is 2.26. The third kappa shape index (κ3) is 7.63. The molecule has 0 aromatic carbocycles. The first-order chi connectivity index (χ1) is 11.1. The molecule has 0 radical (unpaired) electrons. The molecular formula is C20H34O4. The van der Waals surface area contributed by atoms with Crippen LogP contribution in [0, 0.1) is 11.8 Å². The van der Waals surface area contributed by atoms with Crippen molar-refractivity contribution in [2.45, 2.75) is 53.8 Å². The van der Waals surface area contributed by atoms with Crippen LogP contribution in [0.3, 0.4) is 0 Å². The minimum atomic E-state index is -0.679. The Morgan fingerprint density at radius 2 is 1.04 bits per heavy atom. The molecule has 0 unspecified atom stereocenters. The fourth-order valence-electron chi connectivity index (χ4n) is 2.20. The second-order valence-electron chi connectivity index (χ2n) is 6.70. The lowest BCUT2D eigenvalue weighted by molar-refractivity contribution is 0.0865. The van der Waals surface area contributed by atoms with Crippen molar-refractivity contribution in [3.63, 3.8) is 0 Å². The minimum Gasteiger partial charge on any atom is -0.386 e. The molecule has 0 bridgehead atoms. The zero-order chi connectivity index (χ0) is 18.9. The Bertz CT molecular complexity index is 468. The Balaban J connectivity index is 6.24. The molecule has 0 aliphatic carbocycles. The number of aliphatic hydroxyl groups is 2. The average Bonchev–Trinajstić information content (AvgIpc) is 2.49. The molecule has 0 fully saturated rings. The Morgan fingerprint density at radius 1 is 0.750 bits per heavy atom. The summed E-state index contributed by atoms with van der Waals surface area (Å²) in [6.07, 6.45) is -1.36. The van der Waals surface area contributed by atoms with Crippen LogP contribution in [0.1, 0.15) is 41.5 Å². The van der Waals surface area contributed by atoms with Crippen LogP contribution in [0.5, 0.6) is 0 Å². The Morgan fingerprint density at radius 3 is 1.25 bits per heavy atom. The SMILES string of the molecule is COC[C@@H](O)C(C)=C=C(C(=C=C(C)[C@@H](O)COC)C(C)C)C(C)C. The standard InChI is InChI=1S/C20H34O4/c1-13(2)17(9-15(5)19(21)11-23-7)18(14(3)4)10-16(6)20(22)12-24-8/h13-14,19-22H,11-12H2,1-8H3/t9?,10?,19-,20+. The summed E-state index contributed by atoms with van der Waals surface area (Å²) >= 11 is 0. The highest BCUT2D eigenvalue weighted by Gasteiger charge is 2.15. The van der Waals surface area contributed by atoms with Crippen molar-refractivity contribution in [2.24, 2.45) is 11.8 Å². The predicted octanol–water partition coefficient (Wildman–Crippen LogP) is 3.26. The summed E-state index contributed by atoms with van der Waals surface area (Å²) in [6.45, 7) is 12.5. The van der Waals surface area contributed by atoms with E-state index in [1.165, 1.54) is 0 Å². The monoisotopic (exact) mass is 338 g/mol. The number of hydrogen-bond acceptors (Lipinski definition) is 4. The van der Waals surface area contributed by atoms with Crippen LogP contribution in [0.15, 0.2) is 33.8 Å². The maximum absolute atomic E-state index is 10.1. The summed E-state index contributed by atoms with van der Waals surface area (Å²) < 4.78 is 10.0. The molecule has 2 atom stereocenters. The van der Waals surface area contributed by atoms with Crippen molar-refractivity contribution in [2.75, 3.05) is 27.4 Å². The normalized spacial score (nSPS) is 13.3. The predicted molar refractivity (Wildman–Crippen MR) is 97.9 cm³/mol. The number of methoxy groups -OCH3 is 2. The topological polar surface area (TPSA) is 58.9 Å². The molecule has 4 nitrogen and oxygen atoms in total. The van der Waals surface area contributed by atoms with Gasteiger partial charge in [0.2, 0.25) is 0 Å². The molecule has 24 heavy (non-hydrogen) atoms. The van der Waals surface area contributed by atoms with Gasteiger partial charge in [0.05, 0.1) is 13.2 Å². The van der Waals surface area contributed by atoms with E-state index in [4.69, 9.17) is 9.47 Å². The van der Waals surface area contributed by atoms with E-state index in [9.17, 15) is 10.2 Å². The van der Waals surface area contributed by atoms with Gasteiger partial charge in [-0.25, -0.2) is 0 Å². The van der Waals surface area contributed by atoms with Crippen LogP contribution in [-0.4, -0.2) is 49.9 Å². The lowest BCUT2D eigenvalue weighted by atomic mass is 9.87. The Labute approximate surface area is 147 Å². The van der Waals surface area contributed by atoms with E-state index in [0.29, 0.717) is 0 Å². The van der Waals surface area contributed by atoms with Crippen molar-refractivity contribution in [1.29, 1.82) is 0 Å². The highest BCUT2D eigenvalue weighted by molar-refractivity contribution is 5.35. The van der Waals surface area contributed by atoms with Gasteiger partial charge in [-0.3, -0.25) is 0 Å². The van der Waals surface area contributed by atoms with Crippen molar-refractivity contribution in [3.8, 4) is 0 Å². The van der Waals surface area contributed by atoms with E-state index in [-0.39, 0.29) is 25.0 Å². The van der Waals surface area contributed by atoms with Crippen molar-refractivity contribution >= 4 is 0 Å². The van der Waals surface area contributed by atoms with Crippen molar-refractivity contribution in [1.82, 2.24) is 0 Å². The van der Waals surface area contributed by atoms with E-state index in [1.807, 2.05) is 13.8 Å². The molecule has 0 aliphatic heterocycles. The van der Waals surface area contributed by atoms with E-state index < -0.39 is 12.2 Å². The molecule has 0 heterocycles. The van der Waals surface area contributed by atoms with E-state index in [1.54, 1.807) is 14.2 Å². The largest absolute Gasteiger partial charge is 0.386 e. The van der Waals surface area contributed by atoms with E-state index in [2.05, 4.69) is 39.2 Å². The maximum Gasteiger partial charge on any atom is 0.105 e. The molecular weight excluding hydrogens is 304 g/mol.